The summed E-state index contributed by atoms with van der Waals surface area (Å²) in [5.74, 6) is -0.765. The molecular weight excluding hydrogens is 358 g/mol. The van der Waals surface area contributed by atoms with Crippen LogP contribution in [-0.2, 0) is 14.8 Å². The van der Waals surface area contributed by atoms with E-state index in [4.69, 9.17) is 4.42 Å². The Morgan fingerprint density at radius 3 is 2.35 bits per heavy atom. The summed E-state index contributed by atoms with van der Waals surface area (Å²) in [5.41, 5.74) is 1.08. The molecule has 0 aliphatic heterocycles. The molecule has 1 unspecified atom stereocenters. The van der Waals surface area contributed by atoms with Gasteiger partial charge in [-0.15, -0.1) is 0 Å². The van der Waals surface area contributed by atoms with E-state index in [1.54, 1.807) is 19.1 Å². The van der Waals surface area contributed by atoms with Gasteiger partial charge in [-0.1, -0.05) is 12.1 Å². The highest BCUT2D eigenvalue weighted by molar-refractivity contribution is 7.89. The van der Waals surface area contributed by atoms with E-state index < -0.39 is 15.9 Å². The minimum Gasteiger partial charge on any atom is -0.472 e. The maximum Gasteiger partial charge on any atom is 0.254 e. The number of sulfonamides is 1. The van der Waals surface area contributed by atoms with Gasteiger partial charge in [0.25, 0.3) is 5.91 Å². The zero-order valence-electron chi connectivity index (χ0n) is 14.7. The minimum absolute atomic E-state index is 0.178. The van der Waals surface area contributed by atoms with Crippen molar-refractivity contribution in [3.05, 3.63) is 54.0 Å². The summed E-state index contributed by atoms with van der Waals surface area (Å²) in [7, 11) is -0.567. The molecule has 0 spiro atoms. The van der Waals surface area contributed by atoms with Crippen LogP contribution in [0.3, 0.4) is 0 Å². The van der Waals surface area contributed by atoms with Gasteiger partial charge in [0.15, 0.2) is 0 Å². The van der Waals surface area contributed by atoms with Crippen LogP contribution in [0.5, 0.6) is 0 Å². The first-order valence-electron chi connectivity index (χ1n) is 7.84. The molecule has 1 aromatic carbocycles. The van der Waals surface area contributed by atoms with E-state index in [1.165, 1.54) is 44.8 Å². The first-order chi connectivity index (χ1) is 12.2. The molecule has 2 aromatic rings. The average molecular weight is 379 g/mol. The minimum atomic E-state index is -3.49. The molecule has 0 radical (unpaired) electrons. The molecule has 0 aliphatic rings. The average Bonchev–Trinajstić information content (AvgIpc) is 3.14. The number of furan rings is 1. The fourth-order valence-corrected chi connectivity index (χ4v) is 3.07. The molecule has 1 atom stereocenters. The lowest BCUT2D eigenvalue weighted by Gasteiger charge is -2.16. The summed E-state index contributed by atoms with van der Waals surface area (Å²) in [6.07, 6.45) is 2.66. The molecular formula is C17H21N3O5S. The van der Waals surface area contributed by atoms with Crippen LogP contribution < -0.4 is 10.6 Å². The Balaban J connectivity index is 1.91. The Morgan fingerprint density at radius 2 is 1.81 bits per heavy atom. The number of hydrogen-bond donors (Lipinski definition) is 2. The number of nitrogens with one attached hydrogen (secondary N) is 2. The number of carbonyl (C=O) groups excluding carboxylic acids is 2. The lowest BCUT2D eigenvalue weighted by atomic mass is 10.1. The number of nitrogens with zero attached hydrogens (tertiary/aromatic N) is 1. The van der Waals surface area contributed by atoms with Crippen LogP contribution in [0.1, 0.15) is 28.9 Å². The quantitative estimate of drug-likeness (QED) is 0.750. The summed E-state index contributed by atoms with van der Waals surface area (Å²) in [6.45, 7) is 1.59. The van der Waals surface area contributed by atoms with Gasteiger partial charge in [0.05, 0.1) is 29.3 Å². The van der Waals surface area contributed by atoms with Crippen molar-refractivity contribution in [3.63, 3.8) is 0 Å². The van der Waals surface area contributed by atoms with Crippen molar-refractivity contribution in [3.8, 4) is 0 Å². The van der Waals surface area contributed by atoms with E-state index in [2.05, 4.69) is 10.6 Å². The third-order valence-corrected chi connectivity index (χ3v) is 5.56. The summed E-state index contributed by atoms with van der Waals surface area (Å²) >= 11 is 0. The smallest absolute Gasteiger partial charge is 0.254 e. The Morgan fingerprint density at radius 1 is 1.15 bits per heavy atom. The van der Waals surface area contributed by atoms with Gasteiger partial charge < -0.3 is 15.1 Å². The number of hydrogen-bond acceptors (Lipinski definition) is 5. The summed E-state index contributed by atoms with van der Waals surface area (Å²) in [4.78, 5) is 23.9. The summed E-state index contributed by atoms with van der Waals surface area (Å²) < 4.78 is 30.0. The third kappa shape index (κ3) is 4.70. The second-order valence-electron chi connectivity index (χ2n) is 5.84. The number of amides is 2. The highest BCUT2D eigenvalue weighted by Gasteiger charge is 2.18. The molecule has 0 saturated carbocycles. The number of carbonyl (C=O) groups is 2. The number of benzene rings is 1. The molecule has 0 saturated heterocycles. The van der Waals surface area contributed by atoms with Gasteiger partial charge in [-0.3, -0.25) is 9.59 Å². The van der Waals surface area contributed by atoms with Crippen LogP contribution in [0.4, 0.5) is 0 Å². The molecule has 8 nitrogen and oxygen atoms in total. The van der Waals surface area contributed by atoms with E-state index in [9.17, 15) is 18.0 Å². The molecule has 140 valence electrons. The van der Waals surface area contributed by atoms with Gasteiger partial charge >= 0.3 is 0 Å². The third-order valence-electron chi connectivity index (χ3n) is 3.73. The second-order valence-corrected chi connectivity index (χ2v) is 7.99. The molecule has 0 bridgehead atoms. The first-order valence-corrected chi connectivity index (χ1v) is 9.28. The van der Waals surface area contributed by atoms with Crippen LogP contribution in [0.15, 0.2) is 52.2 Å². The van der Waals surface area contributed by atoms with E-state index in [1.807, 2.05) is 0 Å². The number of rotatable bonds is 7. The summed E-state index contributed by atoms with van der Waals surface area (Å²) in [5, 5.41) is 5.23. The van der Waals surface area contributed by atoms with Crippen LogP contribution in [-0.4, -0.2) is 45.2 Å². The predicted molar refractivity (Wildman–Crippen MR) is 94.9 cm³/mol. The Hall–Kier alpha value is -2.65. The SMILES string of the molecule is CC(NC(=O)CNC(=O)c1ccoc1)c1ccc(S(=O)(=O)N(C)C)cc1. The second kappa shape index (κ2) is 8.15. The summed E-state index contributed by atoms with van der Waals surface area (Å²) in [6, 6.07) is 7.43. The van der Waals surface area contributed by atoms with E-state index in [0.29, 0.717) is 5.56 Å². The van der Waals surface area contributed by atoms with Gasteiger partial charge in [0.2, 0.25) is 15.9 Å². The predicted octanol–water partition coefficient (Wildman–Crippen LogP) is 1.14. The molecule has 26 heavy (non-hydrogen) atoms. The Kier molecular flexibility index (Phi) is 6.17. The van der Waals surface area contributed by atoms with Gasteiger partial charge in [-0.05, 0) is 30.7 Å². The van der Waals surface area contributed by atoms with Crippen LogP contribution in [0.2, 0.25) is 0 Å². The van der Waals surface area contributed by atoms with Gasteiger partial charge in [0, 0.05) is 14.1 Å². The molecule has 2 rings (SSSR count). The zero-order valence-corrected chi connectivity index (χ0v) is 15.5. The fourth-order valence-electron chi connectivity index (χ4n) is 2.17. The van der Waals surface area contributed by atoms with Crippen molar-refractivity contribution < 1.29 is 22.4 Å². The van der Waals surface area contributed by atoms with Crippen LogP contribution in [0.25, 0.3) is 0 Å². The maximum atomic E-state index is 12.0. The monoisotopic (exact) mass is 379 g/mol. The zero-order chi connectivity index (χ0) is 19.3. The van der Waals surface area contributed by atoms with Crippen molar-refractivity contribution in [2.24, 2.45) is 0 Å². The van der Waals surface area contributed by atoms with Gasteiger partial charge in [0.1, 0.15) is 6.26 Å². The topological polar surface area (TPSA) is 109 Å². The molecule has 2 amide bonds. The normalized spacial score (nSPS) is 12.6. The highest BCUT2D eigenvalue weighted by Crippen LogP contribution is 2.18. The highest BCUT2D eigenvalue weighted by atomic mass is 32.2. The van der Waals surface area contributed by atoms with Crippen molar-refractivity contribution >= 4 is 21.8 Å². The first kappa shape index (κ1) is 19.7. The van der Waals surface area contributed by atoms with Crippen molar-refractivity contribution in [2.75, 3.05) is 20.6 Å². The van der Waals surface area contributed by atoms with E-state index >= 15 is 0 Å². The van der Waals surface area contributed by atoms with Gasteiger partial charge in [-0.25, -0.2) is 12.7 Å². The molecule has 0 fully saturated rings. The van der Waals surface area contributed by atoms with E-state index in [-0.39, 0.29) is 23.4 Å². The van der Waals surface area contributed by atoms with Crippen molar-refractivity contribution in [1.29, 1.82) is 0 Å². The van der Waals surface area contributed by atoms with Crippen molar-refractivity contribution in [1.82, 2.24) is 14.9 Å². The standard InChI is InChI=1S/C17H21N3O5S/c1-12(13-4-6-15(7-5-13)26(23,24)20(2)3)19-16(21)10-18-17(22)14-8-9-25-11-14/h4-9,11-12H,10H2,1-3H3,(H,18,22)(H,19,21). The Labute approximate surface area is 152 Å². The molecule has 2 N–H and O–H groups in total. The lowest BCUT2D eigenvalue weighted by molar-refractivity contribution is -0.120. The lowest BCUT2D eigenvalue weighted by Crippen LogP contribution is -2.37. The van der Waals surface area contributed by atoms with Crippen molar-refractivity contribution in [2.45, 2.75) is 17.9 Å². The largest absolute Gasteiger partial charge is 0.472 e. The van der Waals surface area contributed by atoms with Gasteiger partial charge in [-0.2, -0.15) is 0 Å². The fraction of sp³-hybridized carbons (Fsp3) is 0.294. The van der Waals surface area contributed by atoms with Crippen LogP contribution in [0, 0.1) is 0 Å². The maximum absolute atomic E-state index is 12.0. The molecule has 0 aliphatic carbocycles. The molecule has 9 heteroatoms. The Bertz CT molecular complexity index is 858. The molecule has 1 aromatic heterocycles. The molecule has 1 heterocycles. The van der Waals surface area contributed by atoms with E-state index in [0.717, 1.165) is 9.87 Å². The van der Waals surface area contributed by atoms with Crippen LogP contribution >= 0.6 is 0 Å².